The number of fused-ring (bicyclic) bond motifs is 1. The lowest BCUT2D eigenvalue weighted by Gasteiger charge is -2.14. The van der Waals surface area contributed by atoms with Crippen LogP contribution in [0.3, 0.4) is 0 Å². The molecule has 1 N–H and O–H groups in total. The summed E-state index contributed by atoms with van der Waals surface area (Å²) in [6, 6.07) is 7.87. The van der Waals surface area contributed by atoms with Crippen molar-refractivity contribution in [3.8, 4) is 0 Å². The van der Waals surface area contributed by atoms with Crippen LogP contribution in [-0.2, 0) is 0 Å². The first kappa shape index (κ1) is 12.9. The molecule has 0 amide bonds. The zero-order chi connectivity index (χ0) is 15.1. The number of hydrogen-bond donors (Lipinski definition) is 1. The van der Waals surface area contributed by atoms with E-state index in [1.165, 1.54) is 18.2 Å². The third kappa shape index (κ3) is 2.22. The maximum atomic E-state index is 13.4. The molecule has 0 atom stereocenters. The molecule has 1 aliphatic rings. The molecule has 2 aromatic heterocycles. The van der Waals surface area contributed by atoms with Crippen molar-refractivity contribution in [2.75, 3.05) is 5.32 Å². The van der Waals surface area contributed by atoms with Gasteiger partial charge in [0.05, 0.1) is 22.8 Å². The number of rotatable bonds is 3. The van der Waals surface area contributed by atoms with Crippen molar-refractivity contribution in [1.29, 1.82) is 0 Å². The molecule has 0 spiro atoms. The van der Waals surface area contributed by atoms with Gasteiger partial charge < -0.3 is 5.32 Å². The van der Waals surface area contributed by atoms with Gasteiger partial charge in [-0.1, -0.05) is 0 Å². The molecular formula is C16H13FN4O. The summed E-state index contributed by atoms with van der Waals surface area (Å²) in [4.78, 5) is 21.2. The van der Waals surface area contributed by atoms with Crippen LogP contribution in [0.1, 0.15) is 18.9 Å². The first-order valence-electron chi connectivity index (χ1n) is 7.11. The number of aromatic nitrogens is 3. The maximum absolute atomic E-state index is 13.4. The normalized spacial score (nSPS) is 14.2. The summed E-state index contributed by atoms with van der Waals surface area (Å²) >= 11 is 0. The molecule has 2 heterocycles. The van der Waals surface area contributed by atoms with Gasteiger partial charge in [0.2, 0.25) is 5.95 Å². The summed E-state index contributed by atoms with van der Waals surface area (Å²) in [6.45, 7) is 0. The third-order valence-electron chi connectivity index (χ3n) is 3.69. The van der Waals surface area contributed by atoms with Gasteiger partial charge >= 0.3 is 0 Å². The molecule has 1 aliphatic carbocycles. The van der Waals surface area contributed by atoms with Crippen molar-refractivity contribution >= 4 is 22.5 Å². The lowest BCUT2D eigenvalue weighted by molar-refractivity contribution is 0.628. The van der Waals surface area contributed by atoms with Crippen LogP contribution in [0, 0.1) is 5.82 Å². The van der Waals surface area contributed by atoms with Gasteiger partial charge in [-0.25, -0.2) is 9.37 Å². The predicted octanol–water partition coefficient (Wildman–Crippen LogP) is 3.01. The summed E-state index contributed by atoms with van der Waals surface area (Å²) in [5.74, 6) is 0.0429. The van der Waals surface area contributed by atoms with Crippen molar-refractivity contribution < 1.29 is 4.39 Å². The molecule has 4 rings (SSSR count). The summed E-state index contributed by atoms with van der Waals surface area (Å²) in [5.41, 5.74) is 1.03. The summed E-state index contributed by atoms with van der Waals surface area (Å²) in [5, 5.41) is 3.45. The van der Waals surface area contributed by atoms with Crippen LogP contribution < -0.4 is 10.9 Å². The van der Waals surface area contributed by atoms with E-state index in [1.807, 2.05) is 6.07 Å². The second-order valence-corrected chi connectivity index (χ2v) is 5.37. The zero-order valence-electron chi connectivity index (χ0n) is 11.7. The number of anilines is 2. The Morgan fingerprint density at radius 3 is 2.86 bits per heavy atom. The second kappa shape index (κ2) is 4.91. The van der Waals surface area contributed by atoms with Crippen molar-refractivity contribution in [3.05, 3.63) is 58.9 Å². The van der Waals surface area contributed by atoms with E-state index in [9.17, 15) is 9.18 Å². The molecule has 0 bridgehead atoms. The van der Waals surface area contributed by atoms with Crippen LogP contribution in [-0.4, -0.2) is 14.5 Å². The molecule has 1 fully saturated rings. The molecular weight excluding hydrogens is 283 g/mol. The molecule has 6 heteroatoms. The van der Waals surface area contributed by atoms with Crippen LogP contribution in [0.2, 0.25) is 0 Å². The number of hydrogen-bond acceptors (Lipinski definition) is 4. The average Bonchev–Trinajstić information content (AvgIpc) is 3.34. The Kier molecular flexibility index (Phi) is 2.89. The minimum Gasteiger partial charge on any atom is -0.324 e. The van der Waals surface area contributed by atoms with E-state index in [4.69, 9.17) is 0 Å². The smallest absolute Gasteiger partial charge is 0.263 e. The SMILES string of the molecule is O=c1c2cc(F)ccc2nc(Nc2cccnc2)n1C1CC1. The fraction of sp³-hybridized carbons (Fsp3) is 0.188. The Morgan fingerprint density at radius 1 is 1.27 bits per heavy atom. The quantitative estimate of drug-likeness (QED) is 0.807. The molecule has 110 valence electrons. The first-order chi connectivity index (χ1) is 10.7. The minimum atomic E-state index is -0.429. The van der Waals surface area contributed by atoms with Crippen molar-refractivity contribution in [2.24, 2.45) is 0 Å². The molecule has 1 saturated carbocycles. The highest BCUT2D eigenvalue weighted by Gasteiger charge is 2.28. The lowest BCUT2D eigenvalue weighted by Crippen LogP contribution is -2.23. The maximum Gasteiger partial charge on any atom is 0.263 e. The van der Waals surface area contributed by atoms with E-state index in [0.717, 1.165) is 18.5 Å². The highest BCUT2D eigenvalue weighted by Crippen LogP contribution is 2.36. The number of halogens is 1. The van der Waals surface area contributed by atoms with E-state index in [2.05, 4.69) is 15.3 Å². The van der Waals surface area contributed by atoms with Gasteiger partial charge in [-0.05, 0) is 43.2 Å². The van der Waals surface area contributed by atoms with Crippen LogP contribution in [0.25, 0.3) is 10.9 Å². The van der Waals surface area contributed by atoms with Gasteiger partial charge in [0.25, 0.3) is 5.56 Å². The number of benzene rings is 1. The highest BCUT2D eigenvalue weighted by atomic mass is 19.1. The average molecular weight is 296 g/mol. The van der Waals surface area contributed by atoms with E-state index in [1.54, 1.807) is 23.0 Å². The van der Waals surface area contributed by atoms with Crippen LogP contribution in [0.15, 0.2) is 47.5 Å². The molecule has 0 aliphatic heterocycles. The number of pyridine rings is 1. The summed E-state index contributed by atoms with van der Waals surface area (Å²) < 4.78 is 15.0. The standard InChI is InChI=1S/C16H13FN4O/c17-10-3-6-14-13(8-10)15(22)21(12-4-5-12)16(20-14)19-11-2-1-7-18-9-11/h1-3,6-9,12H,4-5H2,(H,19,20). The topological polar surface area (TPSA) is 59.8 Å². The second-order valence-electron chi connectivity index (χ2n) is 5.37. The van der Waals surface area contributed by atoms with Crippen LogP contribution in [0.5, 0.6) is 0 Å². The number of nitrogens with one attached hydrogen (secondary N) is 1. The fourth-order valence-corrected chi connectivity index (χ4v) is 2.50. The Morgan fingerprint density at radius 2 is 2.14 bits per heavy atom. The number of nitrogens with zero attached hydrogens (tertiary/aromatic N) is 3. The molecule has 1 aromatic carbocycles. The van der Waals surface area contributed by atoms with Gasteiger partial charge in [0.1, 0.15) is 5.82 Å². The van der Waals surface area contributed by atoms with E-state index in [0.29, 0.717) is 16.9 Å². The molecule has 5 nitrogen and oxygen atoms in total. The highest BCUT2D eigenvalue weighted by molar-refractivity contribution is 5.79. The van der Waals surface area contributed by atoms with Crippen molar-refractivity contribution in [1.82, 2.24) is 14.5 Å². The fourth-order valence-electron chi connectivity index (χ4n) is 2.50. The Hall–Kier alpha value is -2.76. The molecule has 3 aromatic rings. The van der Waals surface area contributed by atoms with Gasteiger partial charge in [-0.3, -0.25) is 14.3 Å². The van der Waals surface area contributed by atoms with E-state index in [-0.39, 0.29) is 11.6 Å². The predicted molar refractivity (Wildman–Crippen MR) is 81.8 cm³/mol. The van der Waals surface area contributed by atoms with Crippen LogP contribution >= 0.6 is 0 Å². The van der Waals surface area contributed by atoms with Crippen molar-refractivity contribution in [2.45, 2.75) is 18.9 Å². The first-order valence-corrected chi connectivity index (χ1v) is 7.11. The van der Waals surface area contributed by atoms with E-state index < -0.39 is 5.82 Å². The Bertz CT molecular complexity index is 903. The molecule has 0 unspecified atom stereocenters. The minimum absolute atomic E-state index is 0.131. The molecule has 0 radical (unpaired) electrons. The Balaban J connectivity index is 1.91. The summed E-state index contributed by atoms with van der Waals surface area (Å²) in [6.07, 6.45) is 5.21. The van der Waals surface area contributed by atoms with Gasteiger partial charge in [-0.2, -0.15) is 0 Å². The van der Waals surface area contributed by atoms with Gasteiger partial charge in [-0.15, -0.1) is 0 Å². The largest absolute Gasteiger partial charge is 0.324 e. The zero-order valence-corrected chi connectivity index (χ0v) is 11.7. The van der Waals surface area contributed by atoms with E-state index >= 15 is 0 Å². The van der Waals surface area contributed by atoms with Gasteiger partial charge in [0.15, 0.2) is 0 Å². The molecule has 22 heavy (non-hydrogen) atoms. The Labute approximate surface area is 125 Å². The third-order valence-corrected chi connectivity index (χ3v) is 3.69. The van der Waals surface area contributed by atoms with Crippen LogP contribution in [0.4, 0.5) is 16.0 Å². The molecule has 0 saturated heterocycles. The monoisotopic (exact) mass is 296 g/mol. The lowest BCUT2D eigenvalue weighted by atomic mass is 10.2. The summed E-state index contributed by atoms with van der Waals surface area (Å²) in [7, 11) is 0. The van der Waals surface area contributed by atoms with Gasteiger partial charge in [0, 0.05) is 12.2 Å². The van der Waals surface area contributed by atoms with Crippen molar-refractivity contribution in [3.63, 3.8) is 0 Å².